The van der Waals surface area contributed by atoms with Gasteiger partial charge in [-0.25, -0.2) is 4.98 Å². The predicted molar refractivity (Wildman–Crippen MR) is 101 cm³/mol. The second kappa shape index (κ2) is 6.44. The van der Waals surface area contributed by atoms with Crippen molar-refractivity contribution in [1.29, 1.82) is 0 Å². The summed E-state index contributed by atoms with van der Waals surface area (Å²) in [6.07, 6.45) is 6.00. The smallest absolute Gasteiger partial charge is 0.283 e. The zero-order valence-corrected chi connectivity index (χ0v) is 15.1. The van der Waals surface area contributed by atoms with Gasteiger partial charge in [0.15, 0.2) is 0 Å². The number of benzene rings is 1. The molecule has 2 heterocycles. The van der Waals surface area contributed by atoms with Gasteiger partial charge in [-0.3, -0.25) is 4.79 Å². The SMILES string of the molecule is COc1ccccc1/C=N\n1c(C)nc2sc3c(c2c1=O)CCCC3. The van der Waals surface area contributed by atoms with E-state index in [0.717, 1.165) is 40.8 Å². The zero-order chi connectivity index (χ0) is 17.4. The molecule has 0 unspecified atom stereocenters. The largest absolute Gasteiger partial charge is 0.496 e. The standard InChI is InChI=1S/C19H19N3O2S/c1-12-21-18-17(14-8-4-6-10-16(14)25-18)19(23)22(12)20-11-13-7-3-5-9-15(13)24-2/h3,5,7,9,11H,4,6,8,10H2,1-2H3/b20-11-. The molecule has 1 aliphatic rings. The normalized spacial score (nSPS) is 14.2. The lowest BCUT2D eigenvalue weighted by Gasteiger charge is -2.10. The van der Waals surface area contributed by atoms with Gasteiger partial charge in [-0.1, -0.05) is 12.1 Å². The summed E-state index contributed by atoms with van der Waals surface area (Å²) in [5, 5.41) is 5.16. The van der Waals surface area contributed by atoms with E-state index in [1.54, 1.807) is 24.7 Å². The van der Waals surface area contributed by atoms with E-state index in [-0.39, 0.29) is 5.56 Å². The number of aromatic nitrogens is 2. The summed E-state index contributed by atoms with van der Waals surface area (Å²) in [6, 6.07) is 7.59. The van der Waals surface area contributed by atoms with E-state index < -0.39 is 0 Å². The van der Waals surface area contributed by atoms with Crippen molar-refractivity contribution in [2.45, 2.75) is 32.6 Å². The van der Waals surface area contributed by atoms with Gasteiger partial charge in [-0.2, -0.15) is 9.78 Å². The monoisotopic (exact) mass is 353 g/mol. The van der Waals surface area contributed by atoms with Crippen LogP contribution in [0.3, 0.4) is 0 Å². The molecule has 1 aromatic carbocycles. The van der Waals surface area contributed by atoms with Gasteiger partial charge >= 0.3 is 0 Å². The molecule has 0 radical (unpaired) electrons. The van der Waals surface area contributed by atoms with Gasteiger partial charge in [0.05, 0.1) is 18.7 Å². The van der Waals surface area contributed by atoms with Gasteiger partial charge in [0.25, 0.3) is 5.56 Å². The molecule has 0 aliphatic heterocycles. The zero-order valence-electron chi connectivity index (χ0n) is 14.3. The van der Waals surface area contributed by atoms with Crippen LogP contribution < -0.4 is 10.3 Å². The topological polar surface area (TPSA) is 56.5 Å². The Morgan fingerprint density at radius 3 is 2.92 bits per heavy atom. The maximum Gasteiger partial charge on any atom is 0.283 e. The average Bonchev–Trinajstić information content (AvgIpc) is 3.00. The summed E-state index contributed by atoms with van der Waals surface area (Å²) < 4.78 is 6.73. The Balaban J connectivity index is 1.85. The number of nitrogens with zero attached hydrogens (tertiary/aromatic N) is 3. The molecule has 1 aliphatic carbocycles. The van der Waals surface area contributed by atoms with E-state index in [1.165, 1.54) is 21.5 Å². The maximum absolute atomic E-state index is 13.0. The van der Waals surface area contributed by atoms with Crippen LogP contribution in [0.15, 0.2) is 34.2 Å². The Bertz CT molecular complexity index is 1030. The molecule has 0 atom stereocenters. The second-order valence-electron chi connectivity index (χ2n) is 6.15. The van der Waals surface area contributed by atoms with Gasteiger partial charge in [-0.15, -0.1) is 11.3 Å². The Labute approximate surface area is 149 Å². The van der Waals surface area contributed by atoms with Crippen LogP contribution in [0.25, 0.3) is 10.2 Å². The molecule has 25 heavy (non-hydrogen) atoms. The van der Waals surface area contributed by atoms with Crippen molar-refractivity contribution in [3.05, 3.63) is 56.4 Å². The van der Waals surface area contributed by atoms with Crippen LogP contribution in [-0.2, 0) is 12.8 Å². The molecule has 5 nitrogen and oxygen atoms in total. The summed E-state index contributed by atoms with van der Waals surface area (Å²) >= 11 is 1.66. The molecule has 0 amide bonds. The Morgan fingerprint density at radius 2 is 2.08 bits per heavy atom. The van der Waals surface area contributed by atoms with E-state index in [4.69, 9.17) is 4.74 Å². The maximum atomic E-state index is 13.0. The van der Waals surface area contributed by atoms with Gasteiger partial charge in [0.1, 0.15) is 16.4 Å². The highest BCUT2D eigenvalue weighted by molar-refractivity contribution is 7.18. The summed E-state index contributed by atoms with van der Waals surface area (Å²) in [6.45, 7) is 1.82. The summed E-state index contributed by atoms with van der Waals surface area (Å²) in [4.78, 5) is 19.8. The molecule has 3 aromatic rings. The number of thiophene rings is 1. The first-order valence-electron chi connectivity index (χ1n) is 8.40. The van der Waals surface area contributed by atoms with Crippen LogP contribution in [0.2, 0.25) is 0 Å². The number of hydrogen-bond acceptors (Lipinski definition) is 5. The first kappa shape index (κ1) is 16.0. The third kappa shape index (κ3) is 2.76. The van der Waals surface area contributed by atoms with Crippen molar-refractivity contribution in [1.82, 2.24) is 9.66 Å². The Morgan fingerprint density at radius 1 is 1.28 bits per heavy atom. The number of fused-ring (bicyclic) bond motifs is 3. The molecule has 0 saturated heterocycles. The summed E-state index contributed by atoms with van der Waals surface area (Å²) in [5.74, 6) is 1.32. The number of methoxy groups -OCH3 is 1. The first-order valence-corrected chi connectivity index (χ1v) is 9.22. The van der Waals surface area contributed by atoms with Crippen molar-refractivity contribution in [2.75, 3.05) is 7.11 Å². The highest BCUT2D eigenvalue weighted by atomic mass is 32.1. The Hall–Kier alpha value is -2.47. The van der Waals surface area contributed by atoms with Crippen LogP contribution in [0.5, 0.6) is 5.75 Å². The van der Waals surface area contributed by atoms with Gasteiger partial charge < -0.3 is 4.74 Å². The highest BCUT2D eigenvalue weighted by Gasteiger charge is 2.21. The molecule has 6 heteroatoms. The van der Waals surface area contributed by atoms with Crippen LogP contribution in [-0.4, -0.2) is 23.0 Å². The number of rotatable bonds is 3. The van der Waals surface area contributed by atoms with Crippen LogP contribution in [0.4, 0.5) is 0 Å². The summed E-state index contributed by atoms with van der Waals surface area (Å²) in [7, 11) is 1.62. The van der Waals surface area contributed by atoms with Gasteiger partial charge in [0.2, 0.25) is 0 Å². The quantitative estimate of drug-likeness (QED) is 0.677. The minimum Gasteiger partial charge on any atom is -0.496 e. The third-order valence-corrected chi connectivity index (χ3v) is 5.77. The van der Waals surface area contributed by atoms with Crippen molar-refractivity contribution >= 4 is 27.8 Å². The molecule has 4 rings (SSSR count). The van der Waals surface area contributed by atoms with E-state index in [9.17, 15) is 4.79 Å². The van der Waals surface area contributed by atoms with E-state index in [0.29, 0.717) is 5.82 Å². The average molecular weight is 353 g/mol. The lowest BCUT2D eigenvalue weighted by atomic mass is 9.97. The molecule has 0 bridgehead atoms. The first-order chi connectivity index (χ1) is 12.2. The number of hydrogen-bond donors (Lipinski definition) is 0. The van der Waals surface area contributed by atoms with Crippen LogP contribution >= 0.6 is 11.3 Å². The third-order valence-electron chi connectivity index (χ3n) is 4.58. The predicted octanol–water partition coefficient (Wildman–Crippen LogP) is 3.54. The highest BCUT2D eigenvalue weighted by Crippen LogP contribution is 2.33. The van der Waals surface area contributed by atoms with Crippen molar-refractivity contribution in [3.63, 3.8) is 0 Å². The lowest BCUT2D eigenvalue weighted by Crippen LogP contribution is -2.21. The molecular formula is C19H19N3O2S. The lowest BCUT2D eigenvalue weighted by molar-refractivity contribution is 0.414. The number of ether oxygens (including phenoxy) is 1. The molecule has 0 N–H and O–H groups in total. The van der Waals surface area contributed by atoms with Crippen molar-refractivity contribution in [2.24, 2.45) is 5.10 Å². The number of aryl methyl sites for hydroxylation is 3. The molecule has 128 valence electrons. The van der Waals surface area contributed by atoms with Crippen molar-refractivity contribution < 1.29 is 4.74 Å². The van der Waals surface area contributed by atoms with E-state index in [2.05, 4.69) is 10.1 Å². The van der Waals surface area contributed by atoms with Gasteiger partial charge in [-0.05, 0) is 50.3 Å². The molecule has 0 saturated carbocycles. The van der Waals surface area contributed by atoms with E-state index in [1.807, 2.05) is 31.2 Å². The van der Waals surface area contributed by atoms with Crippen molar-refractivity contribution in [3.8, 4) is 5.75 Å². The van der Waals surface area contributed by atoms with Crippen LogP contribution in [0, 0.1) is 6.92 Å². The minimum absolute atomic E-state index is 0.0759. The van der Waals surface area contributed by atoms with Gasteiger partial charge in [0, 0.05) is 10.4 Å². The fourth-order valence-electron chi connectivity index (χ4n) is 3.33. The van der Waals surface area contributed by atoms with Crippen LogP contribution in [0.1, 0.15) is 34.7 Å². The fraction of sp³-hybridized carbons (Fsp3) is 0.316. The second-order valence-corrected chi connectivity index (χ2v) is 7.24. The number of para-hydroxylation sites is 1. The minimum atomic E-state index is -0.0759. The Kier molecular flexibility index (Phi) is 4.13. The fourth-order valence-corrected chi connectivity index (χ4v) is 4.62. The molecular weight excluding hydrogens is 334 g/mol. The molecule has 2 aromatic heterocycles. The van der Waals surface area contributed by atoms with E-state index >= 15 is 0 Å². The molecule has 0 fully saturated rings. The molecule has 0 spiro atoms. The summed E-state index contributed by atoms with van der Waals surface area (Å²) in [5.41, 5.74) is 1.93.